The number of carbonyl (C=O) groups excluding carboxylic acids is 2. The Morgan fingerprint density at radius 2 is 1.55 bits per heavy atom. The number of hydrazone groups is 1. The Morgan fingerprint density at radius 1 is 0.862 bits per heavy atom. The van der Waals surface area contributed by atoms with Crippen LogP contribution in [0.25, 0.3) is 0 Å². The summed E-state index contributed by atoms with van der Waals surface area (Å²) in [7, 11) is 0. The van der Waals surface area contributed by atoms with Gasteiger partial charge in [-0.05, 0) is 67.1 Å². The van der Waals surface area contributed by atoms with E-state index in [4.69, 9.17) is 0 Å². The van der Waals surface area contributed by atoms with Crippen molar-refractivity contribution < 1.29 is 19.1 Å². The predicted octanol–water partition coefficient (Wildman–Crippen LogP) is 3.94. The zero-order valence-corrected chi connectivity index (χ0v) is 15.5. The molecule has 3 aromatic rings. The van der Waals surface area contributed by atoms with Crippen molar-refractivity contribution in [1.29, 1.82) is 0 Å². The molecule has 2 amide bonds. The molecule has 0 aliphatic carbocycles. The van der Waals surface area contributed by atoms with Crippen molar-refractivity contribution in [1.82, 2.24) is 5.43 Å². The molecule has 0 atom stereocenters. The summed E-state index contributed by atoms with van der Waals surface area (Å²) in [6, 6.07) is 18.1. The van der Waals surface area contributed by atoms with Gasteiger partial charge < -0.3 is 10.4 Å². The van der Waals surface area contributed by atoms with E-state index >= 15 is 0 Å². The van der Waals surface area contributed by atoms with E-state index in [1.165, 1.54) is 36.4 Å². The zero-order valence-electron chi connectivity index (χ0n) is 15.5. The van der Waals surface area contributed by atoms with Gasteiger partial charge in [0.05, 0.1) is 5.71 Å². The van der Waals surface area contributed by atoms with Crippen LogP contribution in [0.2, 0.25) is 0 Å². The summed E-state index contributed by atoms with van der Waals surface area (Å²) < 4.78 is 13.0. The molecule has 6 nitrogen and oxygen atoms in total. The highest BCUT2D eigenvalue weighted by molar-refractivity contribution is 6.06. The molecule has 3 aromatic carbocycles. The molecule has 0 radical (unpaired) electrons. The third kappa shape index (κ3) is 5.26. The zero-order chi connectivity index (χ0) is 20.8. The van der Waals surface area contributed by atoms with Crippen LogP contribution in [-0.2, 0) is 0 Å². The van der Waals surface area contributed by atoms with E-state index in [-0.39, 0.29) is 17.2 Å². The number of phenolic OH excluding ortho intramolecular Hbond substituents is 1. The number of carbonyl (C=O) groups is 2. The van der Waals surface area contributed by atoms with Gasteiger partial charge in [0.2, 0.25) is 0 Å². The molecule has 3 N–H and O–H groups in total. The van der Waals surface area contributed by atoms with Crippen LogP contribution in [-0.4, -0.2) is 22.6 Å². The first-order chi connectivity index (χ1) is 13.9. The Bertz CT molecular complexity index is 1080. The second-order valence-electron chi connectivity index (χ2n) is 6.23. The standard InChI is InChI=1S/C22H18FN3O3/c1-14(25-26-22(29)17-5-3-7-20(27)13-17)16-4-2-6-19(12-16)24-21(28)15-8-10-18(23)11-9-15/h2-13,27H,1H3,(H,24,28)(H,26,29)/b25-14+. The lowest BCUT2D eigenvalue weighted by molar-refractivity contribution is 0.0953. The van der Waals surface area contributed by atoms with E-state index in [9.17, 15) is 19.1 Å². The lowest BCUT2D eigenvalue weighted by atomic mass is 10.1. The smallest absolute Gasteiger partial charge is 0.271 e. The number of phenols is 1. The van der Waals surface area contributed by atoms with Crippen LogP contribution < -0.4 is 10.7 Å². The van der Waals surface area contributed by atoms with Crippen molar-refractivity contribution in [3.8, 4) is 5.75 Å². The van der Waals surface area contributed by atoms with Gasteiger partial charge in [0, 0.05) is 16.8 Å². The molecule has 0 aromatic heterocycles. The monoisotopic (exact) mass is 391 g/mol. The van der Waals surface area contributed by atoms with Gasteiger partial charge in [-0.15, -0.1) is 0 Å². The van der Waals surface area contributed by atoms with E-state index in [0.717, 1.165) is 0 Å². The van der Waals surface area contributed by atoms with E-state index in [0.29, 0.717) is 22.5 Å². The summed E-state index contributed by atoms with van der Waals surface area (Å²) in [5, 5.41) is 16.3. The number of nitrogens with zero attached hydrogens (tertiary/aromatic N) is 1. The van der Waals surface area contributed by atoms with Crippen LogP contribution in [0.5, 0.6) is 5.75 Å². The molecule has 0 saturated heterocycles. The van der Waals surface area contributed by atoms with Gasteiger partial charge in [0.15, 0.2) is 0 Å². The number of anilines is 1. The van der Waals surface area contributed by atoms with Crippen LogP contribution >= 0.6 is 0 Å². The van der Waals surface area contributed by atoms with Crippen molar-refractivity contribution in [3.05, 3.63) is 95.3 Å². The molecule has 0 unspecified atom stereocenters. The minimum absolute atomic E-state index is 0.0112. The number of nitrogens with one attached hydrogen (secondary N) is 2. The average molecular weight is 391 g/mol. The summed E-state index contributed by atoms with van der Waals surface area (Å²) in [6.45, 7) is 1.71. The average Bonchev–Trinajstić information content (AvgIpc) is 2.72. The Balaban J connectivity index is 1.69. The maximum absolute atomic E-state index is 13.0. The van der Waals surface area contributed by atoms with Gasteiger partial charge in [0.25, 0.3) is 11.8 Å². The number of benzene rings is 3. The number of halogens is 1. The fourth-order valence-electron chi connectivity index (χ4n) is 2.54. The Morgan fingerprint density at radius 3 is 2.28 bits per heavy atom. The molecule has 0 bridgehead atoms. The van der Waals surface area contributed by atoms with E-state index in [1.54, 1.807) is 43.3 Å². The summed E-state index contributed by atoms with van der Waals surface area (Å²) in [4.78, 5) is 24.4. The molecule has 0 spiro atoms. The summed E-state index contributed by atoms with van der Waals surface area (Å²) in [6.07, 6.45) is 0. The second kappa shape index (κ2) is 8.79. The second-order valence-corrected chi connectivity index (χ2v) is 6.23. The molecule has 0 saturated carbocycles. The van der Waals surface area contributed by atoms with Gasteiger partial charge in [-0.25, -0.2) is 9.82 Å². The number of rotatable bonds is 5. The van der Waals surface area contributed by atoms with Crippen LogP contribution in [0.15, 0.2) is 77.9 Å². The molecule has 146 valence electrons. The molecule has 0 fully saturated rings. The highest BCUT2D eigenvalue weighted by atomic mass is 19.1. The maximum atomic E-state index is 13.0. The van der Waals surface area contributed by atoms with Gasteiger partial charge in [-0.2, -0.15) is 5.10 Å². The highest BCUT2D eigenvalue weighted by Gasteiger charge is 2.08. The maximum Gasteiger partial charge on any atom is 0.271 e. The van der Waals surface area contributed by atoms with E-state index in [1.807, 2.05) is 0 Å². The fourth-order valence-corrected chi connectivity index (χ4v) is 2.54. The van der Waals surface area contributed by atoms with Crippen LogP contribution in [0.3, 0.4) is 0 Å². The van der Waals surface area contributed by atoms with Crippen molar-refractivity contribution in [2.75, 3.05) is 5.32 Å². The first-order valence-corrected chi connectivity index (χ1v) is 8.73. The number of amides is 2. The molecule has 7 heteroatoms. The van der Waals surface area contributed by atoms with Crippen molar-refractivity contribution in [3.63, 3.8) is 0 Å². The summed E-state index contributed by atoms with van der Waals surface area (Å²) in [5.74, 6) is -1.25. The van der Waals surface area contributed by atoms with Crippen LogP contribution in [0, 0.1) is 5.82 Å². The Labute approximate surface area is 166 Å². The third-order valence-corrected chi connectivity index (χ3v) is 4.08. The first-order valence-electron chi connectivity index (χ1n) is 8.73. The van der Waals surface area contributed by atoms with Crippen LogP contribution in [0.1, 0.15) is 33.2 Å². The molecule has 0 aliphatic heterocycles. The van der Waals surface area contributed by atoms with Crippen molar-refractivity contribution in [2.24, 2.45) is 5.10 Å². The lowest BCUT2D eigenvalue weighted by Crippen LogP contribution is -2.19. The number of hydrogen-bond acceptors (Lipinski definition) is 4. The highest BCUT2D eigenvalue weighted by Crippen LogP contribution is 2.14. The van der Waals surface area contributed by atoms with Gasteiger partial charge >= 0.3 is 0 Å². The third-order valence-electron chi connectivity index (χ3n) is 4.08. The molecule has 29 heavy (non-hydrogen) atoms. The predicted molar refractivity (Wildman–Crippen MR) is 109 cm³/mol. The summed E-state index contributed by atoms with van der Waals surface area (Å²) in [5.41, 5.74) is 4.79. The fraction of sp³-hybridized carbons (Fsp3) is 0.0455. The van der Waals surface area contributed by atoms with Gasteiger partial charge in [-0.3, -0.25) is 9.59 Å². The van der Waals surface area contributed by atoms with E-state index in [2.05, 4.69) is 15.8 Å². The molecular weight excluding hydrogens is 373 g/mol. The van der Waals surface area contributed by atoms with Crippen molar-refractivity contribution >= 4 is 23.2 Å². The molecule has 3 rings (SSSR count). The first kappa shape index (κ1) is 19.8. The summed E-state index contributed by atoms with van der Waals surface area (Å²) >= 11 is 0. The largest absolute Gasteiger partial charge is 0.508 e. The van der Waals surface area contributed by atoms with E-state index < -0.39 is 11.7 Å². The number of hydrogen-bond donors (Lipinski definition) is 3. The Kier molecular flexibility index (Phi) is 5.99. The molecular formula is C22H18FN3O3. The SMILES string of the molecule is C/C(=N\NC(=O)c1cccc(O)c1)c1cccc(NC(=O)c2ccc(F)cc2)c1. The normalized spacial score (nSPS) is 11.0. The number of aromatic hydroxyl groups is 1. The Hall–Kier alpha value is -4.00. The quantitative estimate of drug-likeness (QED) is 0.455. The lowest BCUT2D eigenvalue weighted by Gasteiger charge is -2.08. The minimum atomic E-state index is -0.457. The molecule has 0 heterocycles. The molecule has 0 aliphatic rings. The van der Waals surface area contributed by atoms with Gasteiger partial charge in [0.1, 0.15) is 11.6 Å². The van der Waals surface area contributed by atoms with Crippen molar-refractivity contribution in [2.45, 2.75) is 6.92 Å². The minimum Gasteiger partial charge on any atom is -0.508 e. The van der Waals surface area contributed by atoms with Gasteiger partial charge in [-0.1, -0.05) is 18.2 Å². The van der Waals surface area contributed by atoms with Crippen LogP contribution in [0.4, 0.5) is 10.1 Å². The topological polar surface area (TPSA) is 90.8 Å².